The van der Waals surface area contributed by atoms with Gasteiger partial charge in [-0.2, -0.15) is 0 Å². The maximum Gasteiger partial charge on any atom is 0.0487 e. The monoisotopic (exact) mass is 295 g/mol. The molecule has 0 saturated heterocycles. The van der Waals surface area contributed by atoms with Crippen LogP contribution in [0.2, 0.25) is 0 Å². The maximum absolute atomic E-state index is 3.55. The fraction of sp³-hybridized carbons (Fsp3) is 0.231. The summed E-state index contributed by atoms with van der Waals surface area (Å²) < 4.78 is 1.13. The van der Waals surface area contributed by atoms with Gasteiger partial charge >= 0.3 is 0 Å². The normalized spacial score (nSPS) is 10.4. The van der Waals surface area contributed by atoms with Crippen LogP contribution < -0.4 is 5.32 Å². The molecule has 0 atom stereocenters. The van der Waals surface area contributed by atoms with E-state index in [0.717, 1.165) is 17.4 Å². The van der Waals surface area contributed by atoms with Crippen LogP contribution in [-0.4, -0.2) is 6.54 Å². The molecule has 2 aromatic rings. The zero-order valence-corrected chi connectivity index (χ0v) is 11.6. The number of thiophene rings is 1. The summed E-state index contributed by atoms with van der Waals surface area (Å²) in [4.78, 5) is 1.43. The molecule has 0 radical (unpaired) electrons. The number of hydrogen-bond donors (Lipinski definition) is 1. The van der Waals surface area contributed by atoms with Crippen LogP contribution in [0.15, 0.2) is 40.2 Å². The van der Waals surface area contributed by atoms with Crippen LogP contribution in [0.1, 0.15) is 10.4 Å². The molecule has 16 heavy (non-hydrogen) atoms. The van der Waals surface area contributed by atoms with Gasteiger partial charge in [0, 0.05) is 21.6 Å². The average Bonchev–Trinajstić information content (AvgIpc) is 2.76. The Kier molecular flexibility index (Phi) is 4.02. The Morgan fingerprint density at radius 2 is 2.19 bits per heavy atom. The van der Waals surface area contributed by atoms with Crippen molar-refractivity contribution in [2.75, 3.05) is 11.9 Å². The van der Waals surface area contributed by atoms with Crippen molar-refractivity contribution < 1.29 is 0 Å². The minimum atomic E-state index is 0.975. The topological polar surface area (TPSA) is 12.0 Å². The first-order valence-electron chi connectivity index (χ1n) is 5.28. The van der Waals surface area contributed by atoms with E-state index in [0.29, 0.717) is 0 Å². The van der Waals surface area contributed by atoms with Crippen molar-refractivity contribution in [1.82, 2.24) is 0 Å². The largest absolute Gasteiger partial charge is 0.384 e. The fourth-order valence-corrected chi connectivity index (χ4v) is 2.65. The fourth-order valence-electron chi connectivity index (χ4n) is 1.55. The highest BCUT2D eigenvalue weighted by molar-refractivity contribution is 9.10. The Labute approximate surface area is 109 Å². The highest BCUT2D eigenvalue weighted by Crippen LogP contribution is 2.23. The van der Waals surface area contributed by atoms with Gasteiger partial charge in [-0.1, -0.05) is 12.1 Å². The van der Waals surface area contributed by atoms with E-state index in [1.54, 1.807) is 0 Å². The predicted molar refractivity (Wildman–Crippen MR) is 75.4 cm³/mol. The summed E-state index contributed by atoms with van der Waals surface area (Å²) in [6.07, 6.45) is 1.08. The van der Waals surface area contributed by atoms with Gasteiger partial charge in [0.2, 0.25) is 0 Å². The van der Waals surface area contributed by atoms with Crippen molar-refractivity contribution in [3.63, 3.8) is 0 Å². The molecular formula is C13H14BrNS. The van der Waals surface area contributed by atoms with Gasteiger partial charge in [0.05, 0.1) is 0 Å². The van der Waals surface area contributed by atoms with Crippen LogP contribution >= 0.6 is 27.3 Å². The third-order valence-corrected chi connectivity index (χ3v) is 4.02. The average molecular weight is 296 g/mol. The summed E-state index contributed by atoms with van der Waals surface area (Å²) in [5.41, 5.74) is 2.46. The van der Waals surface area contributed by atoms with Crippen LogP contribution in [-0.2, 0) is 6.42 Å². The Balaban J connectivity index is 1.92. The number of rotatable bonds is 4. The second kappa shape index (κ2) is 5.51. The molecule has 0 saturated carbocycles. The summed E-state index contributed by atoms with van der Waals surface area (Å²) >= 11 is 5.36. The van der Waals surface area contributed by atoms with Crippen molar-refractivity contribution in [3.05, 3.63) is 50.6 Å². The quantitative estimate of drug-likeness (QED) is 0.877. The molecule has 84 valence electrons. The molecule has 2 rings (SSSR count). The highest BCUT2D eigenvalue weighted by Gasteiger charge is 1.99. The first-order chi connectivity index (χ1) is 7.75. The van der Waals surface area contributed by atoms with Crippen LogP contribution in [0, 0.1) is 6.92 Å². The smallest absolute Gasteiger partial charge is 0.0487 e. The van der Waals surface area contributed by atoms with E-state index in [1.165, 1.54) is 16.1 Å². The van der Waals surface area contributed by atoms with E-state index in [9.17, 15) is 0 Å². The SMILES string of the molecule is Cc1ccc(Br)c(NCCc2cccs2)c1. The molecule has 0 fully saturated rings. The van der Waals surface area contributed by atoms with Gasteiger partial charge in [0.1, 0.15) is 0 Å². The molecule has 1 heterocycles. The van der Waals surface area contributed by atoms with E-state index in [2.05, 4.69) is 63.9 Å². The third-order valence-electron chi connectivity index (χ3n) is 2.39. The molecular weight excluding hydrogens is 282 g/mol. The number of aryl methyl sites for hydroxylation is 1. The minimum absolute atomic E-state index is 0.975. The third kappa shape index (κ3) is 3.09. The molecule has 1 N–H and O–H groups in total. The summed E-state index contributed by atoms with van der Waals surface area (Å²) in [5.74, 6) is 0. The first-order valence-corrected chi connectivity index (χ1v) is 6.95. The second-order valence-electron chi connectivity index (χ2n) is 3.74. The zero-order valence-electron chi connectivity index (χ0n) is 9.16. The van der Waals surface area contributed by atoms with Crippen molar-refractivity contribution in [2.45, 2.75) is 13.3 Å². The maximum atomic E-state index is 3.55. The number of nitrogens with one attached hydrogen (secondary N) is 1. The van der Waals surface area contributed by atoms with Gasteiger partial charge < -0.3 is 5.32 Å². The molecule has 3 heteroatoms. The summed E-state index contributed by atoms with van der Waals surface area (Å²) in [5, 5.41) is 5.57. The van der Waals surface area contributed by atoms with Gasteiger partial charge in [0.25, 0.3) is 0 Å². The van der Waals surface area contributed by atoms with E-state index in [4.69, 9.17) is 0 Å². The van der Waals surface area contributed by atoms with E-state index >= 15 is 0 Å². The first kappa shape index (κ1) is 11.7. The van der Waals surface area contributed by atoms with Crippen LogP contribution in [0.5, 0.6) is 0 Å². The Morgan fingerprint density at radius 1 is 1.31 bits per heavy atom. The van der Waals surface area contributed by atoms with Crippen LogP contribution in [0.25, 0.3) is 0 Å². The lowest BCUT2D eigenvalue weighted by molar-refractivity contribution is 1.04. The van der Waals surface area contributed by atoms with Gasteiger partial charge in [-0.05, 0) is 58.4 Å². The molecule has 0 amide bonds. The molecule has 1 aromatic carbocycles. The van der Waals surface area contributed by atoms with Gasteiger partial charge in [-0.15, -0.1) is 11.3 Å². The lowest BCUT2D eigenvalue weighted by atomic mass is 10.2. The summed E-state index contributed by atoms with van der Waals surface area (Å²) in [6, 6.07) is 10.6. The van der Waals surface area contributed by atoms with Crippen molar-refractivity contribution in [1.29, 1.82) is 0 Å². The summed E-state index contributed by atoms with van der Waals surface area (Å²) in [7, 11) is 0. The van der Waals surface area contributed by atoms with Crippen LogP contribution in [0.3, 0.4) is 0 Å². The molecule has 0 aliphatic heterocycles. The van der Waals surface area contributed by atoms with E-state index in [1.807, 2.05) is 11.3 Å². The van der Waals surface area contributed by atoms with Crippen molar-refractivity contribution in [2.24, 2.45) is 0 Å². The Morgan fingerprint density at radius 3 is 2.94 bits per heavy atom. The molecule has 0 spiro atoms. The number of anilines is 1. The lowest BCUT2D eigenvalue weighted by Crippen LogP contribution is -2.04. The van der Waals surface area contributed by atoms with Crippen molar-refractivity contribution in [3.8, 4) is 0 Å². The highest BCUT2D eigenvalue weighted by atomic mass is 79.9. The van der Waals surface area contributed by atoms with Crippen molar-refractivity contribution >= 4 is 33.0 Å². The van der Waals surface area contributed by atoms with Gasteiger partial charge in [0.15, 0.2) is 0 Å². The van der Waals surface area contributed by atoms with E-state index < -0.39 is 0 Å². The van der Waals surface area contributed by atoms with Gasteiger partial charge in [-0.25, -0.2) is 0 Å². The molecule has 0 unspecified atom stereocenters. The van der Waals surface area contributed by atoms with Gasteiger partial charge in [-0.3, -0.25) is 0 Å². The number of hydrogen-bond acceptors (Lipinski definition) is 2. The second-order valence-corrected chi connectivity index (χ2v) is 5.63. The minimum Gasteiger partial charge on any atom is -0.384 e. The molecule has 0 aliphatic rings. The lowest BCUT2D eigenvalue weighted by Gasteiger charge is -2.08. The number of benzene rings is 1. The van der Waals surface area contributed by atoms with Crippen LogP contribution in [0.4, 0.5) is 5.69 Å². The summed E-state index contributed by atoms with van der Waals surface area (Å²) in [6.45, 7) is 3.08. The number of halogens is 1. The predicted octanol–water partition coefficient (Wildman–Crippen LogP) is 4.47. The van der Waals surface area contributed by atoms with E-state index in [-0.39, 0.29) is 0 Å². The Hall–Kier alpha value is -0.800. The molecule has 1 aromatic heterocycles. The molecule has 1 nitrogen and oxygen atoms in total. The molecule has 0 bridgehead atoms. The Bertz CT molecular complexity index is 451. The standard InChI is InChI=1S/C13H14BrNS/c1-10-4-5-12(14)13(9-10)15-7-6-11-3-2-8-16-11/h2-5,8-9,15H,6-7H2,1H3. The zero-order chi connectivity index (χ0) is 11.4. The molecule has 0 aliphatic carbocycles.